The van der Waals surface area contributed by atoms with E-state index in [0.29, 0.717) is 19.6 Å². The highest BCUT2D eigenvalue weighted by Gasteiger charge is 2.26. The molecule has 0 unspecified atom stereocenters. The Balaban J connectivity index is 1.57. The van der Waals surface area contributed by atoms with Crippen molar-refractivity contribution in [1.82, 2.24) is 20.0 Å². The van der Waals surface area contributed by atoms with E-state index in [9.17, 15) is 9.59 Å². The maximum atomic E-state index is 12.3. The van der Waals surface area contributed by atoms with Crippen molar-refractivity contribution < 1.29 is 14.3 Å². The average Bonchev–Trinajstić information content (AvgIpc) is 3.15. The molecule has 3 amide bonds. The number of ether oxygens (including phenoxy) is 1. The number of methoxy groups -OCH3 is 1. The van der Waals surface area contributed by atoms with Gasteiger partial charge in [-0.25, -0.2) is 9.48 Å². The fourth-order valence-corrected chi connectivity index (χ4v) is 3.03. The predicted octanol–water partition coefficient (Wildman–Crippen LogP) is 1.29. The molecular formula is C18H23N5O3. The van der Waals surface area contributed by atoms with E-state index in [1.54, 1.807) is 22.9 Å². The van der Waals surface area contributed by atoms with Crippen LogP contribution in [0.25, 0.3) is 5.69 Å². The molecule has 1 aromatic carbocycles. The fraction of sp³-hybridized carbons (Fsp3) is 0.389. The van der Waals surface area contributed by atoms with Gasteiger partial charge in [-0.05, 0) is 25.0 Å². The van der Waals surface area contributed by atoms with E-state index in [-0.39, 0.29) is 17.9 Å². The minimum atomic E-state index is -0.345. The van der Waals surface area contributed by atoms with Crippen LogP contribution in [0.3, 0.4) is 0 Å². The van der Waals surface area contributed by atoms with Gasteiger partial charge in [-0.15, -0.1) is 0 Å². The normalized spacial score (nSPS) is 17.0. The topological polar surface area (TPSA) is 102 Å². The summed E-state index contributed by atoms with van der Waals surface area (Å²) in [4.78, 5) is 25.3. The van der Waals surface area contributed by atoms with Crippen molar-refractivity contribution in [3.05, 3.63) is 42.2 Å². The van der Waals surface area contributed by atoms with Gasteiger partial charge < -0.3 is 20.7 Å². The van der Waals surface area contributed by atoms with E-state index in [2.05, 4.69) is 10.4 Å². The number of carbonyl (C=O) groups is 2. The highest BCUT2D eigenvalue weighted by atomic mass is 16.5. The molecule has 8 nitrogen and oxygen atoms in total. The standard InChI is InChI=1S/C18H23N5O3/c1-26-16-6-2-5-15(8-16)23-11-13(10-21-23)9-20-18(25)22-7-3-4-14(12-22)17(19)24/h2,5-6,8,10-11,14H,3-4,7,9,12H2,1H3,(H2,19,24)(H,20,25)/t14-/m1/s1. The number of nitrogens with zero attached hydrogens (tertiary/aromatic N) is 3. The summed E-state index contributed by atoms with van der Waals surface area (Å²) >= 11 is 0. The van der Waals surface area contributed by atoms with E-state index in [4.69, 9.17) is 10.5 Å². The van der Waals surface area contributed by atoms with E-state index >= 15 is 0 Å². The van der Waals surface area contributed by atoms with Gasteiger partial charge in [0, 0.05) is 37.5 Å². The number of benzene rings is 1. The van der Waals surface area contributed by atoms with Gasteiger partial charge in [0.1, 0.15) is 5.75 Å². The summed E-state index contributed by atoms with van der Waals surface area (Å²) in [5, 5.41) is 7.19. The number of amides is 3. The van der Waals surface area contributed by atoms with Crippen LogP contribution in [0.5, 0.6) is 5.75 Å². The number of hydrogen-bond acceptors (Lipinski definition) is 4. The predicted molar refractivity (Wildman–Crippen MR) is 95.8 cm³/mol. The molecule has 0 saturated carbocycles. The lowest BCUT2D eigenvalue weighted by Gasteiger charge is -2.31. The van der Waals surface area contributed by atoms with Gasteiger partial charge in [0.2, 0.25) is 5.91 Å². The Morgan fingerprint density at radius 2 is 2.27 bits per heavy atom. The molecule has 3 N–H and O–H groups in total. The molecule has 1 aliphatic rings. The molecular weight excluding hydrogens is 334 g/mol. The molecule has 1 fully saturated rings. The van der Waals surface area contributed by atoms with Crippen LogP contribution in [0.1, 0.15) is 18.4 Å². The Morgan fingerprint density at radius 3 is 3.04 bits per heavy atom. The second kappa shape index (κ2) is 7.90. The summed E-state index contributed by atoms with van der Waals surface area (Å²) in [6.45, 7) is 1.38. The first kappa shape index (κ1) is 17.8. The summed E-state index contributed by atoms with van der Waals surface area (Å²) in [7, 11) is 1.62. The van der Waals surface area contributed by atoms with Crippen LogP contribution in [0.15, 0.2) is 36.7 Å². The zero-order valence-electron chi connectivity index (χ0n) is 14.7. The van der Waals surface area contributed by atoms with Crippen molar-refractivity contribution in [2.75, 3.05) is 20.2 Å². The zero-order chi connectivity index (χ0) is 18.5. The number of nitrogens with one attached hydrogen (secondary N) is 1. The molecule has 1 aliphatic heterocycles. The summed E-state index contributed by atoms with van der Waals surface area (Å²) in [5.41, 5.74) is 7.11. The van der Waals surface area contributed by atoms with Crippen LogP contribution < -0.4 is 15.8 Å². The number of piperidine rings is 1. The first-order chi connectivity index (χ1) is 12.6. The molecule has 1 atom stereocenters. The molecule has 3 rings (SSSR count). The van der Waals surface area contributed by atoms with E-state index in [1.807, 2.05) is 30.5 Å². The fourth-order valence-electron chi connectivity index (χ4n) is 3.03. The van der Waals surface area contributed by atoms with Gasteiger partial charge in [0.25, 0.3) is 0 Å². The molecule has 26 heavy (non-hydrogen) atoms. The molecule has 2 heterocycles. The van der Waals surface area contributed by atoms with Crippen LogP contribution >= 0.6 is 0 Å². The summed E-state index contributed by atoms with van der Waals surface area (Å²) in [6, 6.07) is 7.38. The van der Waals surface area contributed by atoms with Crippen molar-refractivity contribution in [2.24, 2.45) is 11.7 Å². The Hall–Kier alpha value is -3.03. The van der Waals surface area contributed by atoms with Crippen LogP contribution in [-0.2, 0) is 11.3 Å². The lowest BCUT2D eigenvalue weighted by atomic mass is 9.98. The average molecular weight is 357 g/mol. The zero-order valence-corrected chi connectivity index (χ0v) is 14.7. The second-order valence-corrected chi connectivity index (χ2v) is 6.34. The molecule has 0 bridgehead atoms. The quantitative estimate of drug-likeness (QED) is 0.841. The number of primary amides is 1. The number of urea groups is 1. The molecule has 2 aromatic rings. The smallest absolute Gasteiger partial charge is 0.317 e. The maximum absolute atomic E-state index is 12.3. The van der Waals surface area contributed by atoms with Gasteiger partial charge in [-0.2, -0.15) is 5.10 Å². The third kappa shape index (κ3) is 4.14. The largest absolute Gasteiger partial charge is 0.497 e. The van der Waals surface area contributed by atoms with Gasteiger partial charge in [0.15, 0.2) is 0 Å². The molecule has 8 heteroatoms. The van der Waals surface area contributed by atoms with Crippen molar-refractivity contribution in [3.8, 4) is 11.4 Å². The molecule has 1 aromatic heterocycles. The number of hydrogen-bond donors (Lipinski definition) is 2. The highest BCUT2D eigenvalue weighted by Crippen LogP contribution is 2.17. The van der Waals surface area contributed by atoms with Gasteiger partial charge >= 0.3 is 6.03 Å². The van der Waals surface area contributed by atoms with Gasteiger partial charge in [-0.3, -0.25) is 4.79 Å². The van der Waals surface area contributed by atoms with Crippen molar-refractivity contribution >= 4 is 11.9 Å². The van der Waals surface area contributed by atoms with Crippen molar-refractivity contribution in [2.45, 2.75) is 19.4 Å². The Morgan fingerprint density at radius 1 is 1.42 bits per heavy atom. The Bertz CT molecular complexity index is 789. The molecule has 0 spiro atoms. The van der Waals surface area contributed by atoms with E-state index in [1.165, 1.54) is 0 Å². The minimum Gasteiger partial charge on any atom is -0.497 e. The number of carbonyl (C=O) groups excluding carboxylic acids is 2. The summed E-state index contributed by atoms with van der Waals surface area (Å²) in [5.74, 6) is 0.148. The van der Waals surface area contributed by atoms with Crippen molar-refractivity contribution in [3.63, 3.8) is 0 Å². The number of nitrogens with two attached hydrogens (primary N) is 1. The number of rotatable bonds is 5. The second-order valence-electron chi connectivity index (χ2n) is 6.34. The first-order valence-corrected chi connectivity index (χ1v) is 8.57. The third-order valence-corrected chi connectivity index (χ3v) is 4.51. The van der Waals surface area contributed by atoms with Crippen LogP contribution in [-0.4, -0.2) is 46.8 Å². The van der Waals surface area contributed by atoms with Crippen LogP contribution in [0.2, 0.25) is 0 Å². The van der Waals surface area contributed by atoms with E-state index in [0.717, 1.165) is 29.8 Å². The Labute approximate surface area is 151 Å². The lowest BCUT2D eigenvalue weighted by molar-refractivity contribution is -0.123. The van der Waals surface area contributed by atoms with Crippen LogP contribution in [0.4, 0.5) is 4.79 Å². The lowest BCUT2D eigenvalue weighted by Crippen LogP contribution is -2.47. The van der Waals surface area contributed by atoms with Gasteiger partial charge in [-0.1, -0.05) is 6.07 Å². The molecule has 0 aliphatic carbocycles. The monoisotopic (exact) mass is 357 g/mol. The number of aromatic nitrogens is 2. The summed E-state index contributed by atoms with van der Waals surface area (Å²) in [6.07, 6.45) is 5.10. The number of likely N-dealkylation sites (tertiary alicyclic amines) is 1. The minimum absolute atomic E-state index is 0.190. The summed E-state index contributed by atoms with van der Waals surface area (Å²) < 4.78 is 6.95. The SMILES string of the molecule is COc1cccc(-n2cc(CNC(=O)N3CCC[C@@H](C(N)=O)C3)cn2)c1. The molecule has 1 saturated heterocycles. The van der Waals surface area contributed by atoms with Gasteiger partial charge in [0.05, 0.1) is 24.9 Å². The third-order valence-electron chi connectivity index (χ3n) is 4.51. The van der Waals surface area contributed by atoms with Crippen LogP contribution in [0, 0.1) is 5.92 Å². The highest BCUT2D eigenvalue weighted by molar-refractivity contribution is 5.79. The first-order valence-electron chi connectivity index (χ1n) is 8.57. The maximum Gasteiger partial charge on any atom is 0.317 e. The van der Waals surface area contributed by atoms with Crippen molar-refractivity contribution in [1.29, 1.82) is 0 Å². The Kier molecular flexibility index (Phi) is 5.40. The molecule has 0 radical (unpaired) electrons. The molecule has 138 valence electrons. The van der Waals surface area contributed by atoms with E-state index < -0.39 is 0 Å².